The number of nitrogens with zero attached hydrogens (tertiary/aromatic N) is 3. The summed E-state index contributed by atoms with van der Waals surface area (Å²) in [5.74, 6) is 0.195. The summed E-state index contributed by atoms with van der Waals surface area (Å²) in [4.78, 5) is 19.7. The molecule has 37 heavy (non-hydrogen) atoms. The number of hydrogen-bond acceptors (Lipinski definition) is 5. The molecular formula is C27H36ClF3N4OS. The van der Waals surface area contributed by atoms with Gasteiger partial charge in [-0.05, 0) is 86.1 Å². The van der Waals surface area contributed by atoms with Gasteiger partial charge in [-0.1, -0.05) is 19.0 Å². The number of likely N-dealkylation sites (tertiary alicyclic amines) is 1. The summed E-state index contributed by atoms with van der Waals surface area (Å²) in [7, 11) is 0. The average molecular weight is 557 g/mol. The maximum Gasteiger partial charge on any atom is 0.446 e. The van der Waals surface area contributed by atoms with Crippen LogP contribution in [0, 0.1) is 0 Å². The molecule has 2 aliphatic rings. The molecule has 0 unspecified atom stereocenters. The van der Waals surface area contributed by atoms with E-state index in [9.17, 15) is 18.0 Å². The molecule has 2 aliphatic heterocycles. The Kier molecular flexibility index (Phi) is 10.8. The zero-order valence-electron chi connectivity index (χ0n) is 20.1. The average Bonchev–Trinajstić information content (AvgIpc) is 3.10. The Hall–Kier alpha value is -2.10. The lowest BCUT2D eigenvalue weighted by Gasteiger charge is -2.33. The second-order valence-corrected chi connectivity index (χ2v) is 10.9. The molecule has 0 radical (unpaired) electrons. The molecule has 1 N–H and O–H groups in total. The Morgan fingerprint density at radius 2 is 1.62 bits per heavy atom. The number of carbonyl (C=O) groups excluding carboxylic acids is 1. The maximum atomic E-state index is 12.8. The third kappa shape index (κ3) is 9.30. The number of nitrogens with one attached hydrogen (secondary N) is 1. The topological polar surface area (TPSA) is 38.8 Å². The van der Waals surface area contributed by atoms with Crippen LogP contribution in [-0.4, -0.2) is 73.1 Å². The molecule has 2 fully saturated rings. The van der Waals surface area contributed by atoms with E-state index in [1.165, 1.54) is 17.8 Å². The SMILES string of the molecule is C.O=C(CCN1CCCN(c2ccc(Cl)cc2)CC1)N1CCC(Nc2ccc(SC(F)(F)F)cc2)CC1. The van der Waals surface area contributed by atoms with Gasteiger partial charge in [0.2, 0.25) is 5.91 Å². The minimum Gasteiger partial charge on any atom is -0.382 e. The Balaban J connectivity index is 0.00000380. The Morgan fingerprint density at radius 3 is 2.27 bits per heavy atom. The van der Waals surface area contributed by atoms with E-state index in [1.54, 1.807) is 12.1 Å². The van der Waals surface area contributed by atoms with Crippen molar-refractivity contribution in [2.75, 3.05) is 56.0 Å². The van der Waals surface area contributed by atoms with Crippen LogP contribution < -0.4 is 10.2 Å². The summed E-state index contributed by atoms with van der Waals surface area (Å²) < 4.78 is 37.5. The molecule has 10 heteroatoms. The van der Waals surface area contributed by atoms with E-state index < -0.39 is 5.51 Å². The van der Waals surface area contributed by atoms with Gasteiger partial charge in [-0.2, -0.15) is 13.2 Å². The zero-order chi connectivity index (χ0) is 25.5. The molecule has 2 heterocycles. The van der Waals surface area contributed by atoms with Gasteiger partial charge >= 0.3 is 5.51 Å². The molecule has 0 atom stereocenters. The van der Waals surface area contributed by atoms with Crippen molar-refractivity contribution in [2.24, 2.45) is 0 Å². The lowest BCUT2D eigenvalue weighted by Crippen LogP contribution is -2.43. The van der Waals surface area contributed by atoms with Crippen LogP contribution in [0.5, 0.6) is 0 Å². The first kappa shape index (κ1) is 29.5. The molecule has 0 bridgehead atoms. The van der Waals surface area contributed by atoms with Gasteiger partial charge < -0.3 is 20.0 Å². The van der Waals surface area contributed by atoms with Gasteiger partial charge in [0.05, 0.1) is 0 Å². The molecule has 0 aromatic heterocycles. The molecule has 2 aromatic rings. The van der Waals surface area contributed by atoms with Crippen molar-refractivity contribution in [1.29, 1.82) is 0 Å². The van der Waals surface area contributed by atoms with Gasteiger partial charge in [-0.25, -0.2) is 0 Å². The third-order valence-electron chi connectivity index (χ3n) is 6.73. The summed E-state index contributed by atoms with van der Waals surface area (Å²) in [6.07, 6.45) is 3.23. The highest BCUT2D eigenvalue weighted by Crippen LogP contribution is 2.37. The minimum absolute atomic E-state index is 0. The lowest BCUT2D eigenvalue weighted by molar-refractivity contribution is -0.132. The number of hydrogen-bond donors (Lipinski definition) is 1. The van der Waals surface area contributed by atoms with E-state index in [0.717, 1.165) is 62.7 Å². The third-order valence-corrected chi connectivity index (χ3v) is 7.72. The number of anilines is 2. The number of alkyl halides is 3. The number of thioether (sulfide) groups is 1. The molecule has 5 nitrogen and oxygen atoms in total. The summed E-state index contributed by atoms with van der Waals surface area (Å²) in [6, 6.07) is 14.5. The van der Waals surface area contributed by atoms with E-state index in [4.69, 9.17) is 11.6 Å². The van der Waals surface area contributed by atoms with E-state index in [2.05, 4.69) is 27.2 Å². The zero-order valence-corrected chi connectivity index (χ0v) is 21.7. The van der Waals surface area contributed by atoms with Crippen molar-refractivity contribution in [3.05, 3.63) is 53.6 Å². The maximum absolute atomic E-state index is 12.8. The largest absolute Gasteiger partial charge is 0.446 e. The van der Waals surface area contributed by atoms with E-state index in [1.807, 2.05) is 17.0 Å². The van der Waals surface area contributed by atoms with Crippen LogP contribution in [0.25, 0.3) is 0 Å². The molecule has 204 valence electrons. The quantitative estimate of drug-likeness (QED) is 0.389. The van der Waals surface area contributed by atoms with E-state index >= 15 is 0 Å². The molecule has 0 aliphatic carbocycles. The Bertz CT molecular complexity index is 983. The molecular weight excluding hydrogens is 521 g/mol. The number of carbonyl (C=O) groups is 1. The number of benzene rings is 2. The summed E-state index contributed by atoms with van der Waals surface area (Å²) in [6.45, 7) is 6.02. The molecule has 0 saturated carbocycles. The monoisotopic (exact) mass is 556 g/mol. The minimum atomic E-state index is -4.28. The number of piperidine rings is 1. The molecule has 4 rings (SSSR count). The highest BCUT2D eigenvalue weighted by Gasteiger charge is 2.29. The second-order valence-electron chi connectivity index (χ2n) is 9.28. The number of amides is 1. The highest BCUT2D eigenvalue weighted by molar-refractivity contribution is 8.00. The van der Waals surface area contributed by atoms with Gasteiger partial charge in [0.15, 0.2) is 0 Å². The standard InChI is InChI=1S/C26H32ClF3N4OS.CH4/c27-20-2-6-23(7-3-20)33-14-1-13-32(18-19-33)15-12-25(35)34-16-10-22(11-17-34)31-21-4-8-24(9-5-21)36-26(28,29)30;/h2-9,22,31H,1,10-19H2;1H4. The molecule has 2 saturated heterocycles. The smallest absolute Gasteiger partial charge is 0.382 e. The van der Waals surface area contributed by atoms with E-state index in [0.29, 0.717) is 19.5 Å². The Labute approximate surface area is 227 Å². The highest BCUT2D eigenvalue weighted by atomic mass is 35.5. The van der Waals surface area contributed by atoms with Gasteiger partial charge in [0.1, 0.15) is 0 Å². The van der Waals surface area contributed by atoms with Crippen molar-refractivity contribution >= 4 is 40.6 Å². The molecule has 2 aromatic carbocycles. The first-order chi connectivity index (χ1) is 17.2. The van der Waals surface area contributed by atoms with E-state index in [-0.39, 0.29) is 36.0 Å². The Morgan fingerprint density at radius 1 is 0.946 bits per heavy atom. The van der Waals surface area contributed by atoms with Crippen molar-refractivity contribution < 1.29 is 18.0 Å². The summed E-state index contributed by atoms with van der Waals surface area (Å²) >= 11 is 5.90. The van der Waals surface area contributed by atoms with Crippen LogP contribution in [0.4, 0.5) is 24.5 Å². The first-order valence-corrected chi connectivity index (χ1v) is 13.6. The fourth-order valence-electron chi connectivity index (χ4n) is 4.78. The van der Waals surface area contributed by atoms with Crippen molar-refractivity contribution in [3.63, 3.8) is 0 Å². The van der Waals surface area contributed by atoms with Crippen LogP contribution in [0.1, 0.15) is 33.1 Å². The van der Waals surface area contributed by atoms with Crippen LogP contribution in [0.2, 0.25) is 5.02 Å². The van der Waals surface area contributed by atoms with Crippen molar-refractivity contribution in [2.45, 2.75) is 49.6 Å². The van der Waals surface area contributed by atoms with Crippen molar-refractivity contribution in [1.82, 2.24) is 9.80 Å². The van der Waals surface area contributed by atoms with Crippen LogP contribution in [0.3, 0.4) is 0 Å². The second kappa shape index (κ2) is 13.6. The predicted octanol–water partition coefficient (Wildman–Crippen LogP) is 6.59. The summed E-state index contributed by atoms with van der Waals surface area (Å²) in [5.41, 5.74) is -2.29. The van der Waals surface area contributed by atoms with Gasteiger partial charge in [-0.3, -0.25) is 4.79 Å². The van der Waals surface area contributed by atoms with Gasteiger partial charge in [0.25, 0.3) is 0 Å². The van der Waals surface area contributed by atoms with Gasteiger partial charge in [0, 0.05) is 73.0 Å². The fraction of sp³-hybridized carbons (Fsp3) is 0.519. The summed E-state index contributed by atoms with van der Waals surface area (Å²) in [5, 5.41) is 4.13. The molecule has 0 spiro atoms. The lowest BCUT2D eigenvalue weighted by atomic mass is 10.0. The molecule has 1 amide bonds. The van der Waals surface area contributed by atoms with Crippen LogP contribution >= 0.6 is 23.4 Å². The van der Waals surface area contributed by atoms with Crippen LogP contribution in [0.15, 0.2) is 53.4 Å². The van der Waals surface area contributed by atoms with Crippen molar-refractivity contribution in [3.8, 4) is 0 Å². The normalized spacial score (nSPS) is 17.7. The van der Waals surface area contributed by atoms with Gasteiger partial charge in [-0.15, -0.1) is 0 Å². The van der Waals surface area contributed by atoms with Crippen LogP contribution in [-0.2, 0) is 4.79 Å². The fourth-order valence-corrected chi connectivity index (χ4v) is 5.44. The number of rotatable bonds is 7. The first-order valence-electron chi connectivity index (χ1n) is 12.4. The predicted molar refractivity (Wildman–Crippen MR) is 148 cm³/mol. The number of halogens is 4.